The molecule has 24 heavy (non-hydrogen) atoms. The van der Waals surface area contributed by atoms with E-state index in [0.29, 0.717) is 11.5 Å². The Hall–Kier alpha value is -1.14. The summed E-state index contributed by atoms with van der Waals surface area (Å²) in [5.41, 5.74) is 0.608. The van der Waals surface area contributed by atoms with E-state index in [-0.39, 0.29) is 24.4 Å². The van der Waals surface area contributed by atoms with Crippen molar-refractivity contribution in [2.75, 3.05) is 19.7 Å². The van der Waals surface area contributed by atoms with Crippen molar-refractivity contribution in [2.24, 2.45) is 10.4 Å². The summed E-state index contributed by atoms with van der Waals surface area (Å²) in [5, 5.41) is 15.9. The molecule has 0 bridgehead atoms. The van der Waals surface area contributed by atoms with Gasteiger partial charge < -0.3 is 15.7 Å². The number of aliphatic hydroxyl groups is 1. The molecule has 1 rings (SSSR count). The Morgan fingerprint density at radius 1 is 1.25 bits per heavy atom. The maximum Gasteiger partial charge on any atom is 0.191 e. The fourth-order valence-corrected chi connectivity index (χ4v) is 2.94. The number of nitrogens with zero attached hydrogens (tertiary/aromatic N) is 1. The highest BCUT2D eigenvalue weighted by atomic mass is 79.9. The molecule has 136 valence electrons. The van der Waals surface area contributed by atoms with Gasteiger partial charge in [-0.25, -0.2) is 9.38 Å². The van der Waals surface area contributed by atoms with Crippen molar-refractivity contribution in [1.29, 1.82) is 0 Å². The minimum absolute atomic E-state index is 0.0494. The topological polar surface area (TPSA) is 56.7 Å². The van der Waals surface area contributed by atoms with Crippen LogP contribution in [0.1, 0.15) is 45.6 Å². The van der Waals surface area contributed by atoms with Crippen LogP contribution in [0.25, 0.3) is 0 Å². The van der Waals surface area contributed by atoms with Gasteiger partial charge in [0, 0.05) is 29.7 Å². The molecule has 0 radical (unpaired) electrons. The van der Waals surface area contributed by atoms with Gasteiger partial charge in [-0.3, -0.25) is 0 Å². The number of guanidine groups is 1. The molecular weight excluding hydrogens is 373 g/mol. The van der Waals surface area contributed by atoms with Crippen LogP contribution >= 0.6 is 15.9 Å². The minimum Gasteiger partial charge on any atom is -0.396 e. The predicted octanol–water partition coefficient (Wildman–Crippen LogP) is 3.83. The van der Waals surface area contributed by atoms with E-state index >= 15 is 0 Å². The zero-order chi connectivity index (χ0) is 18.0. The molecule has 0 saturated carbocycles. The van der Waals surface area contributed by atoms with Crippen LogP contribution in [0.15, 0.2) is 27.7 Å². The zero-order valence-corrected chi connectivity index (χ0v) is 16.4. The summed E-state index contributed by atoms with van der Waals surface area (Å²) in [5.74, 6) is 0.407. The summed E-state index contributed by atoms with van der Waals surface area (Å²) in [6, 6.07) is 5.00. The van der Waals surface area contributed by atoms with Gasteiger partial charge in [0.2, 0.25) is 0 Å². The Morgan fingerprint density at radius 3 is 2.50 bits per heavy atom. The van der Waals surface area contributed by atoms with Crippen LogP contribution in [0.4, 0.5) is 4.39 Å². The van der Waals surface area contributed by atoms with Crippen LogP contribution in [0.5, 0.6) is 0 Å². The highest BCUT2D eigenvalue weighted by Crippen LogP contribution is 2.29. The van der Waals surface area contributed by atoms with Crippen molar-refractivity contribution >= 4 is 21.9 Å². The van der Waals surface area contributed by atoms with Crippen molar-refractivity contribution in [1.82, 2.24) is 10.6 Å². The van der Waals surface area contributed by atoms with Gasteiger partial charge in [0.15, 0.2) is 5.96 Å². The molecule has 1 aromatic carbocycles. The second kappa shape index (κ2) is 10.7. The van der Waals surface area contributed by atoms with Gasteiger partial charge in [-0.2, -0.15) is 0 Å². The van der Waals surface area contributed by atoms with E-state index in [1.54, 1.807) is 6.07 Å². The van der Waals surface area contributed by atoms with E-state index < -0.39 is 0 Å². The Kier molecular flexibility index (Phi) is 9.29. The molecule has 0 saturated heterocycles. The molecule has 0 spiro atoms. The zero-order valence-electron chi connectivity index (χ0n) is 14.8. The van der Waals surface area contributed by atoms with Gasteiger partial charge in [0.25, 0.3) is 0 Å². The molecule has 0 amide bonds. The average molecular weight is 402 g/mol. The quantitative estimate of drug-likeness (QED) is 0.435. The first kappa shape index (κ1) is 20.9. The van der Waals surface area contributed by atoms with E-state index in [1.165, 1.54) is 6.07 Å². The average Bonchev–Trinajstić information content (AvgIpc) is 2.57. The summed E-state index contributed by atoms with van der Waals surface area (Å²) in [6.45, 7) is 8.21. The minimum atomic E-state index is -0.263. The summed E-state index contributed by atoms with van der Waals surface area (Å²) >= 11 is 3.26. The van der Waals surface area contributed by atoms with Gasteiger partial charge in [-0.1, -0.05) is 35.8 Å². The van der Waals surface area contributed by atoms with Crippen molar-refractivity contribution in [3.63, 3.8) is 0 Å². The monoisotopic (exact) mass is 401 g/mol. The molecule has 3 N–H and O–H groups in total. The molecule has 0 aliphatic rings. The highest BCUT2D eigenvalue weighted by Gasteiger charge is 2.25. The molecule has 0 heterocycles. The lowest BCUT2D eigenvalue weighted by atomic mass is 9.79. The molecule has 0 aromatic heterocycles. The Labute approximate surface area is 153 Å². The Morgan fingerprint density at radius 2 is 1.96 bits per heavy atom. The van der Waals surface area contributed by atoms with E-state index in [2.05, 4.69) is 45.4 Å². The van der Waals surface area contributed by atoms with Crippen molar-refractivity contribution in [3.8, 4) is 0 Å². The second-order valence-electron chi connectivity index (χ2n) is 5.97. The number of halogens is 2. The van der Waals surface area contributed by atoms with Crippen LogP contribution in [0.3, 0.4) is 0 Å². The lowest BCUT2D eigenvalue weighted by Crippen LogP contribution is -2.43. The predicted molar refractivity (Wildman–Crippen MR) is 102 cm³/mol. The number of hydrogen-bond donors (Lipinski definition) is 3. The van der Waals surface area contributed by atoms with E-state index in [0.717, 1.165) is 36.8 Å². The van der Waals surface area contributed by atoms with Gasteiger partial charge >= 0.3 is 0 Å². The van der Waals surface area contributed by atoms with Gasteiger partial charge in [-0.15, -0.1) is 0 Å². The Balaban J connectivity index is 2.78. The normalized spacial score (nSPS) is 12.3. The number of aliphatic imine (C=N–C) groups is 1. The van der Waals surface area contributed by atoms with Crippen LogP contribution < -0.4 is 10.6 Å². The third-order valence-electron chi connectivity index (χ3n) is 4.54. The first-order chi connectivity index (χ1) is 11.5. The summed E-state index contributed by atoms with van der Waals surface area (Å²) in [6.07, 6.45) is 2.73. The molecule has 0 atom stereocenters. The summed E-state index contributed by atoms with van der Waals surface area (Å²) < 4.78 is 14.6. The van der Waals surface area contributed by atoms with E-state index in [1.807, 2.05) is 13.0 Å². The van der Waals surface area contributed by atoms with Crippen LogP contribution in [-0.4, -0.2) is 30.8 Å². The largest absolute Gasteiger partial charge is 0.396 e. The first-order valence-electron chi connectivity index (χ1n) is 8.57. The van der Waals surface area contributed by atoms with E-state index in [9.17, 15) is 9.50 Å². The lowest BCUT2D eigenvalue weighted by Gasteiger charge is -2.32. The van der Waals surface area contributed by atoms with Gasteiger partial charge in [-0.05, 0) is 43.7 Å². The molecule has 0 aliphatic heterocycles. The smallest absolute Gasteiger partial charge is 0.191 e. The third-order valence-corrected chi connectivity index (χ3v) is 5.03. The SMILES string of the molecule is CCNC(=NCc1ccc(Br)cc1F)NCC(CC)(CC)CCO. The standard InChI is InChI=1S/C18H29BrFN3O/c1-4-18(5-2,9-10-24)13-23-17(21-6-3)22-12-14-7-8-15(19)11-16(14)20/h7-8,11,24H,4-6,9-10,12-13H2,1-3H3,(H2,21,22,23). The van der Waals surface area contributed by atoms with E-state index in [4.69, 9.17) is 0 Å². The number of benzene rings is 1. The number of hydrogen-bond acceptors (Lipinski definition) is 2. The molecule has 6 heteroatoms. The van der Waals surface area contributed by atoms with Crippen molar-refractivity contribution < 1.29 is 9.50 Å². The highest BCUT2D eigenvalue weighted by molar-refractivity contribution is 9.10. The summed E-state index contributed by atoms with van der Waals surface area (Å²) in [4.78, 5) is 4.48. The molecule has 1 aromatic rings. The lowest BCUT2D eigenvalue weighted by molar-refractivity contribution is 0.169. The molecule has 4 nitrogen and oxygen atoms in total. The van der Waals surface area contributed by atoms with Gasteiger partial charge in [0.05, 0.1) is 6.54 Å². The number of nitrogens with one attached hydrogen (secondary N) is 2. The summed E-state index contributed by atoms with van der Waals surface area (Å²) in [7, 11) is 0. The second-order valence-corrected chi connectivity index (χ2v) is 6.88. The molecule has 0 aliphatic carbocycles. The molecule has 0 unspecified atom stereocenters. The van der Waals surface area contributed by atoms with Crippen molar-refractivity contribution in [3.05, 3.63) is 34.1 Å². The fraction of sp³-hybridized carbons (Fsp3) is 0.611. The maximum absolute atomic E-state index is 13.9. The van der Waals surface area contributed by atoms with Crippen LogP contribution in [0, 0.1) is 11.2 Å². The first-order valence-corrected chi connectivity index (χ1v) is 9.36. The number of rotatable bonds is 9. The van der Waals surface area contributed by atoms with Crippen LogP contribution in [0.2, 0.25) is 0 Å². The van der Waals surface area contributed by atoms with Crippen molar-refractivity contribution in [2.45, 2.75) is 46.6 Å². The van der Waals surface area contributed by atoms with Crippen LogP contribution in [-0.2, 0) is 6.54 Å². The Bertz CT molecular complexity index is 533. The fourth-order valence-electron chi connectivity index (χ4n) is 2.61. The molecule has 0 fully saturated rings. The molecular formula is C18H29BrFN3O. The number of aliphatic hydroxyl groups excluding tert-OH is 1. The third kappa shape index (κ3) is 6.40. The van der Waals surface area contributed by atoms with Gasteiger partial charge in [0.1, 0.15) is 5.82 Å². The maximum atomic E-state index is 13.9.